The standard InChI is InChI=1S/C17H12Cl2N2O2/c18-14-4-3-12(16(19)8-14)10-23-15-5-1-11(2-6-15)7-13(9-20)17(21)22/h1-8H,10H2,(H2,21,22)/b13-7-. The number of rotatable bonds is 5. The van der Waals surface area contributed by atoms with Gasteiger partial charge in [-0.2, -0.15) is 5.26 Å². The molecule has 1 amide bonds. The zero-order valence-electron chi connectivity index (χ0n) is 11.9. The quantitative estimate of drug-likeness (QED) is 0.657. The molecule has 4 nitrogen and oxygen atoms in total. The van der Waals surface area contributed by atoms with Crippen LogP contribution in [0.2, 0.25) is 10.0 Å². The van der Waals surface area contributed by atoms with Gasteiger partial charge in [-0.15, -0.1) is 0 Å². The van der Waals surface area contributed by atoms with Crippen molar-refractivity contribution in [2.45, 2.75) is 6.61 Å². The van der Waals surface area contributed by atoms with Crippen LogP contribution in [-0.4, -0.2) is 5.91 Å². The SMILES string of the molecule is N#C/C(=C/c1ccc(OCc2ccc(Cl)cc2Cl)cc1)C(N)=O. The largest absolute Gasteiger partial charge is 0.489 e. The molecule has 2 aromatic carbocycles. The summed E-state index contributed by atoms with van der Waals surface area (Å²) < 4.78 is 5.64. The Morgan fingerprint density at radius 3 is 2.48 bits per heavy atom. The molecule has 0 aliphatic heterocycles. The molecule has 0 bridgehead atoms. The van der Waals surface area contributed by atoms with Gasteiger partial charge >= 0.3 is 0 Å². The lowest BCUT2D eigenvalue weighted by molar-refractivity contribution is -0.114. The van der Waals surface area contributed by atoms with Gasteiger partial charge in [0.2, 0.25) is 0 Å². The van der Waals surface area contributed by atoms with Crippen molar-refractivity contribution >= 4 is 35.2 Å². The molecule has 0 aromatic heterocycles. The van der Waals surface area contributed by atoms with Crippen molar-refractivity contribution in [2.75, 3.05) is 0 Å². The van der Waals surface area contributed by atoms with Gasteiger partial charge in [0.15, 0.2) is 0 Å². The molecular formula is C17H12Cl2N2O2. The van der Waals surface area contributed by atoms with E-state index in [0.717, 1.165) is 5.56 Å². The minimum absolute atomic E-state index is 0.105. The van der Waals surface area contributed by atoms with E-state index in [2.05, 4.69) is 0 Å². The lowest BCUT2D eigenvalue weighted by Gasteiger charge is -2.08. The van der Waals surface area contributed by atoms with Gasteiger partial charge in [0.05, 0.1) is 0 Å². The van der Waals surface area contributed by atoms with E-state index in [1.807, 2.05) is 0 Å². The number of hydrogen-bond acceptors (Lipinski definition) is 3. The number of hydrogen-bond donors (Lipinski definition) is 1. The van der Waals surface area contributed by atoms with Crippen LogP contribution >= 0.6 is 23.2 Å². The third-order valence-electron chi connectivity index (χ3n) is 2.99. The number of halogens is 2. The molecule has 23 heavy (non-hydrogen) atoms. The molecule has 0 aliphatic carbocycles. The smallest absolute Gasteiger partial charge is 0.259 e. The fraction of sp³-hybridized carbons (Fsp3) is 0.0588. The Hall–Kier alpha value is -2.48. The van der Waals surface area contributed by atoms with E-state index >= 15 is 0 Å². The van der Waals surface area contributed by atoms with Crippen LogP contribution < -0.4 is 10.5 Å². The molecule has 0 radical (unpaired) electrons. The summed E-state index contributed by atoms with van der Waals surface area (Å²) >= 11 is 11.9. The number of carbonyl (C=O) groups excluding carboxylic acids is 1. The monoisotopic (exact) mass is 346 g/mol. The number of ether oxygens (including phenoxy) is 1. The Bertz CT molecular complexity index is 793. The van der Waals surface area contributed by atoms with E-state index in [-0.39, 0.29) is 5.57 Å². The molecule has 2 rings (SSSR count). The van der Waals surface area contributed by atoms with E-state index in [9.17, 15) is 4.79 Å². The molecule has 2 N–H and O–H groups in total. The van der Waals surface area contributed by atoms with Crippen molar-refractivity contribution in [3.05, 3.63) is 69.2 Å². The minimum Gasteiger partial charge on any atom is -0.489 e. The summed E-state index contributed by atoms with van der Waals surface area (Å²) in [6, 6.07) is 13.8. The first-order chi connectivity index (χ1) is 11.0. The molecule has 0 atom stereocenters. The lowest BCUT2D eigenvalue weighted by atomic mass is 10.1. The predicted octanol–water partition coefficient (Wildman–Crippen LogP) is 3.96. The first-order valence-corrected chi connectivity index (χ1v) is 7.33. The Morgan fingerprint density at radius 1 is 1.22 bits per heavy atom. The second-order valence-corrected chi connectivity index (χ2v) is 5.47. The number of primary amides is 1. The average Bonchev–Trinajstić information content (AvgIpc) is 2.52. The van der Waals surface area contributed by atoms with Crippen molar-refractivity contribution in [3.8, 4) is 11.8 Å². The zero-order chi connectivity index (χ0) is 16.8. The molecule has 0 unspecified atom stereocenters. The number of nitrogens with two attached hydrogens (primary N) is 1. The molecule has 116 valence electrons. The molecule has 0 spiro atoms. The molecule has 0 fully saturated rings. The Labute approximate surface area is 143 Å². The van der Waals surface area contributed by atoms with Crippen LogP contribution in [0.3, 0.4) is 0 Å². The topological polar surface area (TPSA) is 76.1 Å². The highest BCUT2D eigenvalue weighted by atomic mass is 35.5. The fourth-order valence-corrected chi connectivity index (χ4v) is 2.25. The molecule has 6 heteroatoms. The molecule has 0 heterocycles. The number of amides is 1. The van der Waals surface area contributed by atoms with Gasteiger partial charge in [-0.3, -0.25) is 4.79 Å². The third kappa shape index (κ3) is 4.75. The Balaban J connectivity index is 2.06. The van der Waals surface area contributed by atoms with Gasteiger partial charge in [0, 0.05) is 15.6 Å². The minimum atomic E-state index is -0.759. The maximum atomic E-state index is 11.0. The maximum Gasteiger partial charge on any atom is 0.259 e. The fourth-order valence-electron chi connectivity index (χ4n) is 1.79. The highest BCUT2D eigenvalue weighted by molar-refractivity contribution is 6.35. The summed E-state index contributed by atoms with van der Waals surface area (Å²) in [5, 5.41) is 9.91. The third-order valence-corrected chi connectivity index (χ3v) is 3.57. The summed E-state index contributed by atoms with van der Waals surface area (Å²) in [6.07, 6.45) is 1.42. The van der Waals surface area contributed by atoms with Crippen molar-refractivity contribution < 1.29 is 9.53 Å². The van der Waals surface area contributed by atoms with Crippen molar-refractivity contribution in [3.63, 3.8) is 0 Å². The van der Waals surface area contributed by atoms with Crippen molar-refractivity contribution in [1.82, 2.24) is 0 Å². The van der Waals surface area contributed by atoms with E-state index < -0.39 is 5.91 Å². The summed E-state index contributed by atoms with van der Waals surface area (Å²) in [7, 11) is 0. The first-order valence-electron chi connectivity index (χ1n) is 6.58. The summed E-state index contributed by atoms with van der Waals surface area (Å²) in [6.45, 7) is 0.302. The average molecular weight is 347 g/mol. The van der Waals surface area contributed by atoms with Crippen LogP contribution in [0.5, 0.6) is 5.75 Å². The highest BCUT2D eigenvalue weighted by Crippen LogP contribution is 2.23. The van der Waals surface area contributed by atoms with Crippen LogP contribution in [0.25, 0.3) is 6.08 Å². The number of nitrogens with zero attached hydrogens (tertiary/aromatic N) is 1. The van der Waals surface area contributed by atoms with Gasteiger partial charge in [0.1, 0.15) is 24.0 Å². The van der Waals surface area contributed by atoms with Crippen LogP contribution in [0.1, 0.15) is 11.1 Å². The Kier molecular flexibility index (Phi) is 5.64. The van der Waals surface area contributed by atoms with Gasteiger partial charge in [-0.05, 0) is 35.9 Å². The van der Waals surface area contributed by atoms with Crippen molar-refractivity contribution in [2.24, 2.45) is 5.73 Å². The zero-order valence-corrected chi connectivity index (χ0v) is 13.4. The Morgan fingerprint density at radius 2 is 1.91 bits per heavy atom. The van der Waals surface area contributed by atoms with E-state index in [1.54, 1.807) is 48.5 Å². The maximum absolute atomic E-state index is 11.0. The number of benzene rings is 2. The second-order valence-electron chi connectivity index (χ2n) is 4.63. The number of carbonyl (C=O) groups is 1. The van der Waals surface area contributed by atoms with E-state index in [0.29, 0.717) is 28.0 Å². The normalized spacial score (nSPS) is 10.9. The van der Waals surface area contributed by atoms with Gasteiger partial charge < -0.3 is 10.5 Å². The molecule has 0 aliphatic rings. The molecular weight excluding hydrogens is 335 g/mol. The first kappa shape index (κ1) is 16.9. The van der Waals surface area contributed by atoms with E-state index in [4.69, 9.17) is 38.9 Å². The van der Waals surface area contributed by atoms with Gasteiger partial charge in [-0.25, -0.2) is 0 Å². The molecule has 0 saturated heterocycles. The van der Waals surface area contributed by atoms with Crippen LogP contribution in [0.15, 0.2) is 48.0 Å². The number of nitriles is 1. The van der Waals surface area contributed by atoms with Crippen LogP contribution in [0, 0.1) is 11.3 Å². The van der Waals surface area contributed by atoms with Gasteiger partial charge in [-0.1, -0.05) is 41.4 Å². The predicted molar refractivity (Wildman–Crippen MR) is 90.0 cm³/mol. The van der Waals surface area contributed by atoms with E-state index in [1.165, 1.54) is 6.08 Å². The second kappa shape index (κ2) is 7.68. The van der Waals surface area contributed by atoms with Gasteiger partial charge in [0.25, 0.3) is 5.91 Å². The highest BCUT2D eigenvalue weighted by Gasteiger charge is 2.04. The lowest BCUT2D eigenvalue weighted by Crippen LogP contribution is -2.12. The van der Waals surface area contributed by atoms with Crippen LogP contribution in [-0.2, 0) is 11.4 Å². The summed E-state index contributed by atoms with van der Waals surface area (Å²) in [5.74, 6) is -0.129. The molecule has 0 saturated carbocycles. The van der Waals surface area contributed by atoms with Crippen LogP contribution in [0.4, 0.5) is 0 Å². The summed E-state index contributed by atoms with van der Waals surface area (Å²) in [5.41, 5.74) is 6.48. The summed E-state index contributed by atoms with van der Waals surface area (Å²) in [4.78, 5) is 11.0. The van der Waals surface area contributed by atoms with Crippen molar-refractivity contribution in [1.29, 1.82) is 5.26 Å². The molecule has 2 aromatic rings.